The van der Waals surface area contributed by atoms with Crippen molar-refractivity contribution in [2.24, 2.45) is 0 Å². The van der Waals surface area contributed by atoms with Gasteiger partial charge in [0.1, 0.15) is 0 Å². The third-order valence-electron chi connectivity index (χ3n) is 3.12. The Bertz CT molecular complexity index is 455. The standard InChI is InChI=1S/C16H17O2P/c1-3-7-15(8-4-1)19(16-9-5-2-6-10-16)18-14-11-12-17-13-14/h1-10,14H,11-13H2. The van der Waals surface area contributed by atoms with E-state index in [-0.39, 0.29) is 6.10 Å². The summed E-state index contributed by atoms with van der Waals surface area (Å²) in [5.41, 5.74) is 0. The molecule has 0 saturated carbocycles. The molecule has 0 bridgehead atoms. The van der Waals surface area contributed by atoms with Crippen LogP contribution in [0.25, 0.3) is 0 Å². The van der Waals surface area contributed by atoms with E-state index in [0.717, 1.165) is 19.6 Å². The Balaban J connectivity index is 1.87. The molecule has 3 heteroatoms. The normalized spacial score (nSPS) is 18.9. The molecule has 0 aromatic heterocycles. The first-order chi connectivity index (χ1) is 9.43. The van der Waals surface area contributed by atoms with Crippen LogP contribution in [0.15, 0.2) is 60.7 Å². The van der Waals surface area contributed by atoms with Crippen LogP contribution in [-0.2, 0) is 9.26 Å². The minimum Gasteiger partial charge on any atom is -0.379 e. The van der Waals surface area contributed by atoms with Gasteiger partial charge in [-0.05, 0) is 6.42 Å². The molecule has 1 atom stereocenters. The lowest BCUT2D eigenvalue weighted by atomic mass is 10.3. The van der Waals surface area contributed by atoms with Gasteiger partial charge in [-0.15, -0.1) is 0 Å². The number of benzene rings is 2. The van der Waals surface area contributed by atoms with E-state index in [1.807, 2.05) is 12.1 Å². The second kappa shape index (κ2) is 6.29. The lowest BCUT2D eigenvalue weighted by Crippen LogP contribution is -2.19. The number of hydrogen-bond donors (Lipinski definition) is 0. The average Bonchev–Trinajstić information content (AvgIpc) is 3.00. The maximum absolute atomic E-state index is 6.32. The quantitative estimate of drug-likeness (QED) is 0.797. The van der Waals surface area contributed by atoms with E-state index in [1.54, 1.807) is 0 Å². The molecule has 19 heavy (non-hydrogen) atoms. The summed E-state index contributed by atoms with van der Waals surface area (Å²) in [6.45, 7) is 1.54. The van der Waals surface area contributed by atoms with E-state index in [2.05, 4.69) is 48.5 Å². The van der Waals surface area contributed by atoms with Gasteiger partial charge in [0.15, 0.2) is 0 Å². The molecule has 98 valence electrons. The molecule has 1 aliphatic rings. The van der Waals surface area contributed by atoms with Crippen molar-refractivity contribution in [3.05, 3.63) is 60.7 Å². The smallest absolute Gasteiger partial charge is 0.0922 e. The largest absolute Gasteiger partial charge is 0.379 e. The van der Waals surface area contributed by atoms with Crippen molar-refractivity contribution < 1.29 is 9.26 Å². The van der Waals surface area contributed by atoms with Crippen molar-refractivity contribution >= 4 is 18.8 Å². The number of rotatable bonds is 4. The molecule has 0 radical (unpaired) electrons. The SMILES string of the molecule is c1ccc(P(OC2CCOC2)c2ccccc2)cc1. The summed E-state index contributed by atoms with van der Waals surface area (Å²) in [5, 5.41) is 2.52. The molecule has 1 unspecified atom stereocenters. The molecule has 1 saturated heterocycles. The maximum Gasteiger partial charge on any atom is 0.0922 e. The third kappa shape index (κ3) is 3.22. The lowest BCUT2D eigenvalue weighted by molar-refractivity contribution is 0.151. The van der Waals surface area contributed by atoms with Crippen LogP contribution in [0.4, 0.5) is 0 Å². The van der Waals surface area contributed by atoms with Gasteiger partial charge in [0, 0.05) is 17.2 Å². The molecule has 0 spiro atoms. The zero-order chi connectivity index (χ0) is 12.9. The van der Waals surface area contributed by atoms with Gasteiger partial charge in [-0.2, -0.15) is 0 Å². The summed E-state index contributed by atoms with van der Waals surface area (Å²) in [4.78, 5) is 0. The summed E-state index contributed by atoms with van der Waals surface area (Å²) in [6, 6.07) is 21.0. The third-order valence-corrected chi connectivity index (χ3v) is 5.17. The minimum atomic E-state index is -0.742. The fourth-order valence-corrected chi connectivity index (χ4v) is 4.03. The second-order valence-corrected chi connectivity index (χ2v) is 6.39. The average molecular weight is 272 g/mol. The van der Waals surface area contributed by atoms with Crippen molar-refractivity contribution in [2.45, 2.75) is 12.5 Å². The van der Waals surface area contributed by atoms with Gasteiger partial charge in [0.25, 0.3) is 0 Å². The van der Waals surface area contributed by atoms with Crippen molar-refractivity contribution in [3.63, 3.8) is 0 Å². The van der Waals surface area contributed by atoms with Crippen molar-refractivity contribution in [1.82, 2.24) is 0 Å². The second-order valence-electron chi connectivity index (χ2n) is 4.56. The number of ether oxygens (including phenoxy) is 1. The Hall–Kier alpha value is -1.21. The summed E-state index contributed by atoms with van der Waals surface area (Å²) >= 11 is 0. The molecule has 0 amide bonds. The van der Waals surface area contributed by atoms with Crippen molar-refractivity contribution in [2.75, 3.05) is 13.2 Å². The van der Waals surface area contributed by atoms with E-state index in [4.69, 9.17) is 9.26 Å². The van der Waals surface area contributed by atoms with Crippen LogP contribution in [-0.4, -0.2) is 19.3 Å². The predicted octanol–water partition coefficient (Wildman–Crippen LogP) is 2.84. The molecule has 3 rings (SSSR count). The molecule has 2 aromatic carbocycles. The molecule has 0 N–H and O–H groups in total. The monoisotopic (exact) mass is 272 g/mol. The Morgan fingerprint density at radius 2 is 1.47 bits per heavy atom. The molecular weight excluding hydrogens is 255 g/mol. The van der Waals surface area contributed by atoms with E-state index < -0.39 is 8.15 Å². The van der Waals surface area contributed by atoms with Gasteiger partial charge >= 0.3 is 0 Å². The summed E-state index contributed by atoms with van der Waals surface area (Å²) in [5.74, 6) is 0. The Labute approximate surface area is 115 Å². The van der Waals surface area contributed by atoms with E-state index in [9.17, 15) is 0 Å². The predicted molar refractivity (Wildman–Crippen MR) is 79.4 cm³/mol. The first kappa shape index (κ1) is 12.8. The van der Waals surface area contributed by atoms with Gasteiger partial charge in [-0.25, -0.2) is 0 Å². The van der Waals surface area contributed by atoms with Gasteiger partial charge in [-0.1, -0.05) is 60.7 Å². The molecule has 2 aromatic rings. The van der Waals surface area contributed by atoms with Gasteiger partial charge in [0.05, 0.1) is 20.9 Å². The highest BCUT2D eigenvalue weighted by atomic mass is 31.1. The molecule has 1 heterocycles. The molecular formula is C16H17O2P. The van der Waals surface area contributed by atoms with Crippen molar-refractivity contribution in [1.29, 1.82) is 0 Å². The zero-order valence-electron chi connectivity index (χ0n) is 10.7. The first-order valence-electron chi connectivity index (χ1n) is 6.58. The van der Waals surface area contributed by atoms with Crippen LogP contribution in [0, 0.1) is 0 Å². The Morgan fingerprint density at radius 1 is 0.895 bits per heavy atom. The molecule has 1 aliphatic heterocycles. The summed E-state index contributed by atoms with van der Waals surface area (Å²) < 4.78 is 11.7. The van der Waals surface area contributed by atoms with E-state index in [1.165, 1.54) is 10.6 Å². The highest BCUT2D eigenvalue weighted by molar-refractivity contribution is 7.68. The van der Waals surface area contributed by atoms with Crippen LogP contribution in [0.3, 0.4) is 0 Å². The van der Waals surface area contributed by atoms with Gasteiger partial charge in [-0.3, -0.25) is 0 Å². The van der Waals surface area contributed by atoms with Crippen LogP contribution >= 0.6 is 8.15 Å². The van der Waals surface area contributed by atoms with Crippen LogP contribution in [0.5, 0.6) is 0 Å². The molecule has 2 nitrogen and oxygen atoms in total. The minimum absolute atomic E-state index is 0.228. The van der Waals surface area contributed by atoms with Crippen LogP contribution < -0.4 is 10.6 Å². The Kier molecular flexibility index (Phi) is 4.24. The number of hydrogen-bond acceptors (Lipinski definition) is 2. The topological polar surface area (TPSA) is 18.5 Å². The van der Waals surface area contributed by atoms with Gasteiger partial charge in [0.2, 0.25) is 0 Å². The zero-order valence-corrected chi connectivity index (χ0v) is 11.6. The van der Waals surface area contributed by atoms with Crippen LogP contribution in [0.2, 0.25) is 0 Å². The first-order valence-corrected chi connectivity index (χ1v) is 7.84. The lowest BCUT2D eigenvalue weighted by Gasteiger charge is -2.21. The van der Waals surface area contributed by atoms with Crippen molar-refractivity contribution in [3.8, 4) is 0 Å². The fourth-order valence-electron chi connectivity index (χ4n) is 2.14. The Morgan fingerprint density at radius 3 is 1.95 bits per heavy atom. The highest BCUT2D eigenvalue weighted by Crippen LogP contribution is 2.37. The maximum atomic E-state index is 6.32. The van der Waals surface area contributed by atoms with E-state index >= 15 is 0 Å². The van der Waals surface area contributed by atoms with E-state index in [0.29, 0.717) is 0 Å². The molecule has 0 aliphatic carbocycles. The fraction of sp³-hybridized carbons (Fsp3) is 0.250. The highest BCUT2D eigenvalue weighted by Gasteiger charge is 2.23. The summed E-state index contributed by atoms with van der Waals surface area (Å²) in [6.07, 6.45) is 1.23. The summed E-state index contributed by atoms with van der Waals surface area (Å²) in [7, 11) is -0.742. The van der Waals surface area contributed by atoms with Gasteiger partial charge < -0.3 is 9.26 Å². The molecule has 1 fully saturated rings. The van der Waals surface area contributed by atoms with Crippen LogP contribution in [0.1, 0.15) is 6.42 Å².